The van der Waals surface area contributed by atoms with Crippen LogP contribution in [0.25, 0.3) is 0 Å². The van der Waals surface area contributed by atoms with Crippen LogP contribution in [0.5, 0.6) is 0 Å². The monoisotopic (exact) mass is 289 g/mol. The van der Waals surface area contributed by atoms with Gasteiger partial charge in [0.05, 0.1) is 0 Å². The van der Waals surface area contributed by atoms with Crippen molar-refractivity contribution in [3.05, 3.63) is 35.4 Å². The third-order valence-corrected chi connectivity index (χ3v) is 4.43. The Bertz CT molecular complexity index is 528. The summed E-state index contributed by atoms with van der Waals surface area (Å²) in [5.41, 5.74) is 1.85. The van der Waals surface area contributed by atoms with E-state index in [-0.39, 0.29) is 0 Å². The average molecular weight is 290 g/mol. The molecular formula is C12H16ClNO3S. The molecule has 0 aromatic heterocycles. The second-order valence-electron chi connectivity index (χ2n) is 4.14. The number of hydrogen-bond donors (Lipinski definition) is 1. The molecule has 1 rings (SSSR count). The molecule has 0 fully saturated rings. The number of nitrogens with one attached hydrogen (secondary N) is 1. The van der Waals surface area contributed by atoms with Crippen molar-refractivity contribution >= 4 is 27.3 Å². The summed E-state index contributed by atoms with van der Waals surface area (Å²) in [7, 11) is -3.35. The molecule has 1 aromatic carbocycles. The third-order valence-electron chi connectivity index (χ3n) is 2.62. The van der Waals surface area contributed by atoms with Gasteiger partial charge < -0.3 is 5.32 Å². The van der Waals surface area contributed by atoms with E-state index in [4.69, 9.17) is 11.6 Å². The van der Waals surface area contributed by atoms with Gasteiger partial charge in [-0.2, -0.15) is 0 Å². The first kappa shape index (κ1) is 15.0. The fourth-order valence-electron chi connectivity index (χ4n) is 1.35. The molecule has 0 heterocycles. The van der Waals surface area contributed by atoms with Gasteiger partial charge in [-0.25, -0.2) is 8.42 Å². The Morgan fingerprint density at radius 2 is 2.00 bits per heavy atom. The van der Waals surface area contributed by atoms with Crippen molar-refractivity contribution in [3.63, 3.8) is 0 Å². The fraction of sp³-hybridized carbons (Fsp3) is 0.417. The molecule has 1 unspecified atom stereocenters. The van der Waals surface area contributed by atoms with Gasteiger partial charge >= 0.3 is 0 Å². The molecule has 1 aromatic rings. The average Bonchev–Trinajstić information content (AvgIpc) is 2.34. The highest BCUT2D eigenvalue weighted by molar-refractivity contribution is 7.92. The minimum absolute atomic E-state index is 0.295. The summed E-state index contributed by atoms with van der Waals surface area (Å²) in [6.45, 7) is 1.67. The van der Waals surface area contributed by atoms with Gasteiger partial charge in [-0.1, -0.05) is 24.3 Å². The standard InChI is InChI=1S/C12H16ClNO3S/c1-9(18(2,16)17)12(15)14-8-11-5-3-4-10(6-11)7-13/h3-6,9H,7-8H2,1-2H3,(H,14,15). The van der Waals surface area contributed by atoms with E-state index < -0.39 is 21.0 Å². The number of rotatable bonds is 5. The molecule has 0 spiro atoms. The molecule has 0 aliphatic carbocycles. The smallest absolute Gasteiger partial charge is 0.238 e. The van der Waals surface area contributed by atoms with Crippen LogP contribution >= 0.6 is 11.6 Å². The largest absolute Gasteiger partial charge is 0.351 e. The highest BCUT2D eigenvalue weighted by Gasteiger charge is 2.22. The molecule has 18 heavy (non-hydrogen) atoms. The number of sulfone groups is 1. The summed E-state index contributed by atoms with van der Waals surface area (Å²) in [6.07, 6.45) is 1.05. The maximum atomic E-state index is 11.6. The lowest BCUT2D eigenvalue weighted by Crippen LogP contribution is -2.37. The molecule has 0 bridgehead atoms. The number of halogens is 1. The van der Waals surface area contributed by atoms with Gasteiger partial charge in [0.2, 0.25) is 5.91 Å². The summed E-state index contributed by atoms with van der Waals surface area (Å²) < 4.78 is 22.4. The summed E-state index contributed by atoms with van der Waals surface area (Å²) >= 11 is 5.71. The molecule has 0 aliphatic rings. The molecule has 1 N–H and O–H groups in total. The SMILES string of the molecule is CC(C(=O)NCc1cccc(CCl)c1)S(C)(=O)=O. The summed E-state index contributed by atoms with van der Waals surface area (Å²) in [6, 6.07) is 7.45. The van der Waals surface area contributed by atoms with Crippen LogP contribution in [0.15, 0.2) is 24.3 Å². The van der Waals surface area contributed by atoms with Gasteiger partial charge in [-0.3, -0.25) is 4.79 Å². The molecule has 1 amide bonds. The number of amides is 1. The fourth-order valence-corrected chi connectivity index (χ4v) is 1.99. The van der Waals surface area contributed by atoms with E-state index in [0.29, 0.717) is 12.4 Å². The molecule has 0 saturated carbocycles. The van der Waals surface area contributed by atoms with Gasteiger partial charge in [-0.05, 0) is 18.1 Å². The molecule has 100 valence electrons. The predicted octanol–water partition coefficient (Wildman–Crippen LogP) is 1.47. The number of carbonyl (C=O) groups excluding carboxylic acids is 1. The Morgan fingerprint density at radius 1 is 1.39 bits per heavy atom. The predicted molar refractivity (Wildman–Crippen MR) is 72.2 cm³/mol. The number of benzene rings is 1. The second kappa shape index (κ2) is 6.20. The molecule has 0 aliphatic heterocycles. The van der Waals surface area contributed by atoms with Gasteiger partial charge in [0.1, 0.15) is 5.25 Å². The Kier molecular flexibility index (Phi) is 5.16. The zero-order chi connectivity index (χ0) is 13.8. The number of alkyl halides is 1. The summed E-state index contributed by atoms with van der Waals surface area (Å²) in [5.74, 6) is -0.0876. The number of carbonyl (C=O) groups is 1. The second-order valence-corrected chi connectivity index (χ2v) is 6.78. The minimum Gasteiger partial charge on any atom is -0.351 e. The Hall–Kier alpha value is -1.07. The van der Waals surface area contributed by atoms with Crippen LogP contribution in [0.4, 0.5) is 0 Å². The maximum Gasteiger partial charge on any atom is 0.238 e. The van der Waals surface area contributed by atoms with Crippen molar-refractivity contribution in [2.75, 3.05) is 6.26 Å². The molecule has 6 heteroatoms. The zero-order valence-corrected chi connectivity index (χ0v) is 11.9. The van der Waals surface area contributed by atoms with E-state index in [9.17, 15) is 13.2 Å². The van der Waals surface area contributed by atoms with Crippen LogP contribution in [-0.2, 0) is 27.1 Å². The molecule has 4 nitrogen and oxygen atoms in total. The Balaban J connectivity index is 2.63. The lowest BCUT2D eigenvalue weighted by Gasteiger charge is -2.10. The van der Waals surface area contributed by atoms with Crippen LogP contribution in [-0.4, -0.2) is 25.8 Å². The van der Waals surface area contributed by atoms with Crippen LogP contribution < -0.4 is 5.32 Å². The summed E-state index contributed by atoms with van der Waals surface area (Å²) in [5, 5.41) is 1.56. The lowest BCUT2D eigenvalue weighted by molar-refractivity contribution is -0.120. The van der Waals surface area contributed by atoms with Crippen molar-refractivity contribution in [2.24, 2.45) is 0 Å². The van der Waals surface area contributed by atoms with E-state index in [0.717, 1.165) is 17.4 Å². The maximum absolute atomic E-state index is 11.6. The summed E-state index contributed by atoms with van der Waals surface area (Å²) in [4.78, 5) is 11.6. The highest BCUT2D eigenvalue weighted by atomic mass is 35.5. The Morgan fingerprint density at radius 3 is 2.56 bits per heavy atom. The van der Waals surface area contributed by atoms with Gasteiger partial charge in [0.25, 0.3) is 0 Å². The molecule has 1 atom stereocenters. The highest BCUT2D eigenvalue weighted by Crippen LogP contribution is 2.08. The van der Waals surface area contributed by atoms with Crippen molar-refractivity contribution in [1.29, 1.82) is 0 Å². The zero-order valence-electron chi connectivity index (χ0n) is 10.3. The lowest BCUT2D eigenvalue weighted by atomic mass is 10.1. The first-order valence-corrected chi connectivity index (χ1v) is 7.94. The topological polar surface area (TPSA) is 63.2 Å². The molecule has 0 saturated heterocycles. The minimum atomic E-state index is -3.35. The van der Waals surface area contributed by atoms with Gasteiger partial charge in [0, 0.05) is 18.7 Å². The van der Waals surface area contributed by atoms with Crippen molar-refractivity contribution < 1.29 is 13.2 Å². The van der Waals surface area contributed by atoms with Crippen molar-refractivity contribution in [1.82, 2.24) is 5.32 Å². The van der Waals surface area contributed by atoms with E-state index in [1.54, 1.807) is 0 Å². The third kappa shape index (κ3) is 4.31. The van der Waals surface area contributed by atoms with Crippen molar-refractivity contribution in [3.8, 4) is 0 Å². The first-order chi connectivity index (χ1) is 8.34. The van der Waals surface area contributed by atoms with E-state index >= 15 is 0 Å². The van der Waals surface area contributed by atoms with Crippen LogP contribution in [0.3, 0.4) is 0 Å². The van der Waals surface area contributed by atoms with E-state index in [1.807, 2.05) is 24.3 Å². The van der Waals surface area contributed by atoms with E-state index in [1.165, 1.54) is 6.92 Å². The Labute approximate surface area is 112 Å². The first-order valence-electron chi connectivity index (χ1n) is 5.45. The van der Waals surface area contributed by atoms with Crippen LogP contribution in [0.1, 0.15) is 18.1 Å². The normalized spacial score (nSPS) is 13.1. The molecule has 0 radical (unpaired) electrons. The van der Waals surface area contributed by atoms with E-state index in [2.05, 4.69) is 5.32 Å². The quantitative estimate of drug-likeness (QED) is 0.835. The van der Waals surface area contributed by atoms with Crippen molar-refractivity contribution in [2.45, 2.75) is 24.6 Å². The molecular weight excluding hydrogens is 274 g/mol. The van der Waals surface area contributed by atoms with Gasteiger partial charge in [0.15, 0.2) is 9.84 Å². The van der Waals surface area contributed by atoms with Crippen LogP contribution in [0, 0.1) is 0 Å². The van der Waals surface area contributed by atoms with Crippen LogP contribution in [0.2, 0.25) is 0 Å². The van der Waals surface area contributed by atoms with Gasteiger partial charge in [-0.15, -0.1) is 11.6 Å². The number of hydrogen-bond acceptors (Lipinski definition) is 3.